The predicted molar refractivity (Wildman–Crippen MR) is 128 cm³/mol. The van der Waals surface area contributed by atoms with Crippen LogP contribution >= 0.6 is 11.3 Å². The van der Waals surface area contributed by atoms with Gasteiger partial charge >= 0.3 is 0 Å². The van der Waals surface area contributed by atoms with Crippen LogP contribution in [0.5, 0.6) is 5.75 Å². The maximum absolute atomic E-state index is 12.9. The molecule has 0 atom stereocenters. The SMILES string of the molecule is CCCN(CC(=O)Nc1ccccc1C)C(=O)Cc1csc(COc2ccc(C)cc2)n1. The number of aromatic nitrogens is 1. The van der Waals surface area contributed by atoms with Gasteiger partial charge in [-0.05, 0) is 44.0 Å². The zero-order valence-corrected chi connectivity index (χ0v) is 19.6. The van der Waals surface area contributed by atoms with Crippen molar-refractivity contribution >= 4 is 28.8 Å². The first kappa shape index (κ1) is 23.5. The number of hydrogen-bond donors (Lipinski definition) is 1. The minimum atomic E-state index is -0.202. The number of aryl methyl sites for hydroxylation is 2. The van der Waals surface area contributed by atoms with Gasteiger partial charge < -0.3 is 15.0 Å². The lowest BCUT2D eigenvalue weighted by molar-refractivity contribution is -0.134. The van der Waals surface area contributed by atoms with Crippen molar-refractivity contribution in [1.29, 1.82) is 0 Å². The number of nitrogens with one attached hydrogen (secondary N) is 1. The van der Waals surface area contributed by atoms with Gasteiger partial charge in [0.1, 0.15) is 17.4 Å². The van der Waals surface area contributed by atoms with Crippen molar-refractivity contribution in [2.75, 3.05) is 18.4 Å². The quantitative estimate of drug-likeness (QED) is 0.482. The summed E-state index contributed by atoms with van der Waals surface area (Å²) in [4.78, 5) is 31.5. The van der Waals surface area contributed by atoms with Crippen LogP contribution in [0.2, 0.25) is 0 Å². The van der Waals surface area contributed by atoms with E-state index in [4.69, 9.17) is 4.74 Å². The normalized spacial score (nSPS) is 10.6. The molecule has 1 aromatic heterocycles. The van der Waals surface area contributed by atoms with Gasteiger partial charge in [-0.25, -0.2) is 4.98 Å². The molecule has 1 heterocycles. The Bertz CT molecular complexity index is 1050. The maximum atomic E-state index is 12.9. The molecule has 3 aromatic rings. The monoisotopic (exact) mass is 451 g/mol. The topological polar surface area (TPSA) is 71.5 Å². The molecule has 7 heteroatoms. The minimum absolute atomic E-state index is 0.0224. The summed E-state index contributed by atoms with van der Waals surface area (Å²) >= 11 is 1.47. The van der Waals surface area contributed by atoms with E-state index in [0.717, 1.165) is 28.4 Å². The third kappa shape index (κ3) is 6.92. The van der Waals surface area contributed by atoms with E-state index in [0.29, 0.717) is 18.8 Å². The highest BCUT2D eigenvalue weighted by molar-refractivity contribution is 7.09. The van der Waals surface area contributed by atoms with Gasteiger partial charge in [0, 0.05) is 17.6 Å². The maximum Gasteiger partial charge on any atom is 0.244 e. The summed E-state index contributed by atoms with van der Waals surface area (Å²) in [5, 5.41) is 5.59. The summed E-state index contributed by atoms with van der Waals surface area (Å²) in [5.41, 5.74) is 3.62. The minimum Gasteiger partial charge on any atom is -0.486 e. The highest BCUT2D eigenvalue weighted by Gasteiger charge is 2.18. The number of carbonyl (C=O) groups excluding carboxylic acids is 2. The molecule has 2 amide bonds. The molecule has 0 saturated heterocycles. The van der Waals surface area contributed by atoms with Crippen molar-refractivity contribution in [3.8, 4) is 5.75 Å². The summed E-state index contributed by atoms with van der Waals surface area (Å²) in [6.45, 7) is 6.86. The summed E-state index contributed by atoms with van der Waals surface area (Å²) < 4.78 is 5.77. The lowest BCUT2D eigenvalue weighted by atomic mass is 10.2. The number of hydrogen-bond acceptors (Lipinski definition) is 5. The largest absolute Gasteiger partial charge is 0.486 e. The molecule has 0 aliphatic carbocycles. The van der Waals surface area contributed by atoms with Crippen LogP contribution < -0.4 is 10.1 Å². The van der Waals surface area contributed by atoms with Gasteiger partial charge in [-0.15, -0.1) is 11.3 Å². The van der Waals surface area contributed by atoms with Gasteiger partial charge in [0.15, 0.2) is 0 Å². The van der Waals surface area contributed by atoms with Gasteiger partial charge in [-0.3, -0.25) is 9.59 Å². The van der Waals surface area contributed by atoms with Crippen LogP contribution in [0.25, 0.3) is 0 Å². The first-order valence-corrected chi connectivity index (χ1v) is 11.6. The lowest BCUT2D eigenvalue weighted by Crippen LogP contribution is -2.39. The molecule has 0 fully saturated rings. The molecular formula is C25H29N3O3S. The van der Waals surface area contributed by atoms with Gasteiger partial charge in [-0.2, -0.15) is 0 Å². The van der Waals surface area contributed by atoms with Crippen molar-refractivity contribution in [3.05, 3.63) is 75.7 Å². The average molecular weight is 452 g/mol. The Balaban J connectivity index is 1.54. The molecule has 0 spiro atoms. The van der Waals surface area contributed by atoms with Crippen molar-refractivity contribution in [2.24, 2.45) is 0 Å². The summed E-state index contributed by atoms with van der Waals surface area (Å²) in [5.74, 6) is 0.479. The van der Waals surface area contributed by atoms with E-state index in [9.17, 15) is 9.59 Å². The second-order valence-corrected chi connectivity index (χ2v) is 8.63. The molecule has 0 aliphatic rings. The number of amides is 2. The standard InChI is InChI=1S/C25H29N3O3S/c1-4-13-28(15-23(29)27-22-8-6-5-7-19(22)3)25(30)14-20-17-32-24(26-20)16-31-21-11-9-18(2)10-12-21/h5-12,17H,4,13-16H2,1-3H3,(H,27,29). The molecule has 3 rings (SSSR count). The van der Waals surface area contributed by atoms with E-state index in [-0.39, 0.29) is 24.8 Å². The van der Waals surface area contributed by atoms with Gasteiger partial charge in [-0.1, -0.05) is 42.8 Å². The van der Waals surface area contributed by atoms with E-state index in [1.807, 2.05) is 74.7 Å². The predicted octanol–water partition coefficient (Wildman–Crippen LogP) is 4.76. The highest BCUT2D eigenvalue weighted by atomic mass is 32.1. The molecule has 0 unspecified atom stereocenters. The Labute approximate surface area is 193 Å². The van der Waals surface area contributed by atoms with Crippen molar-refractivity contribution in [3.63, 3.8) is 0 Å². The number of thiazole rings is 1. The van der Waals surface area contributed by atoms with E-state index in [1.54, 1.807) is 4.90 Å². The van der Waals surface area contributed by atoms with Crippen LogP contribution in [0.4, 0.5) is 5.69 Å². The fraction of sp³-hybridized carbons (Fsp3) is 0.320. The van der Waals surface area contributed by atoms with Crippen LogP contribution in [0.1, 0.15) is 35.2 Å². The fourth-order valence-corrected chi connectivity index (χ4v) is 3.89. The van der Waals surface area contributed by atoms with Crippen LogP contribution in [-0.4, -0.2) is 34.8 Å². The van der Waals surface area contributed by atoms with Crippen LogP contribution in [-0.2, 0) is 22.6 Å². The van der Waals surface area contributed by atoms with Crippen LogP contribution in [0.15, 0.2) is 53.9 Å². The van der Waals surface area contributed by atoms with Crippen molar-refractivity contribution < 1.29 is 14.3 Å². The zero-order chi connectivity index (χ0) is 22.9. The molecule has 0 radical (unpaired) electrons. The molecule has 0 saturated carbocycles. The second kappa shape index (κ2) is 11.4. The smallest absolute Gasteiger partial charge is 0.244 e. The molecule has 2 aromatic carbocycles. The van der Waals surface area contributed by atoms with Crippen LogP contribution in [0, 0.1) is 13.8 Å². The van der Waals surface area contributed by atoms with Gasteiger partial charge in [0.25, 0.3) is 0 Å². The molecule has 168 valence electrons. The number of anilines is 1. The Morgan fingerprint density at radius 1 is 1.09 bits per heavy atom. The summed E-state index contributed by atoms with van der Waals surface area (Å²) in [6, 6.07) is 15.4. The first-order valence-electron chi connectivity index (χ1n) is 10.7. The van der Waals surface area contributed by atoms with Gasteiger partial charge in [0.05, 0.1) is 18.7 Å². The Kier molecular flexibility index (Phi) is 8.39. The average Bonchev–Trinajstić information content (AvgIpc) is 3.22. The number of nitrogens with zero attached hydrogens (tertiary/aromatic N) is 2. The van der Waals surface area contributed by atoms with E-state index in [1.165, 1.54) is 16.9 Å². The third-order valence-electron chi connectivity index (χ3n) is 4.91. The van der Waals surface area contributed by atoms with E-state index < -0.39 is 0 Å². The summed E-state index contributed by atoms with van der Waals surface area (Å²) in [7, 11) is 0. The van der Waals surface area contributed by atoms with E-state index in [2.05, 4.69) is 10.3 Å². The highest BCUT2D eigenvalue weighted by Crippen LogP contribution is 2.17. The molecule has 0 bridgehead atoms. The molecule has 6 nitrogen and oxygen atoms in total. The third-order valence-corrected chi connectivity index (χ3v) is 5.79. The van der Waals surface area contributed by atoms with E-state index >= 15 is 0 Å². The summed E-state index contributed by atoms with van der Waals surface area (Å²) in [6.07, 6.45) is 0.939. The zero-order valence-electron chi connectivity index (χ0n) is 18.8. The number of para-hydroxylation sites is 1. The van der Waals surface area contributed by atoms with Crippen LogP contribution in [0.3, 0.4) is 0 Å². The van der Waals surface area contributed by atoms with Crippen molar-refractivity contribution in [1.82, 2.24) is 9.88 Å². The molecule has 1 N–H and O–H groups in total. The number of benzene rings is 2. The Morgan fingerprint density at radius 2 is 1.84 bits per heavy atom. The molecular weight excluding hydrogens is 422 g/mol. The number of rotatable bonds is 10. The van der Waals surface area contributed by atoms with Crippen molar-refractivity contribution in [2.45, 2.75) is 40.2 Å². The Morgan fingerprint density at radius 3 is 2.56 bits per heavy atom. The fourth-order valence-electron chi connectivity index (χ4n) is 3.18. The first-order chi connectivity index (χ1) is 15.4. The number of ether oxygens (including phenoxy) is 1. The lowest BCUT2D eigenvalue weighted by Gasteiger charge is -2.21. The molecule has 0 aliphatic heterocycles. The molecule has 32 heavy (non-hydrogen) atoms. The second-order valence-electron chi connectivity index (χ2n) is 7.69. The Hall–Kier alpha value is -3.19. The number of carbonyl (C=O) groups is 2. The van der Waals surface area contributed by atoms with Gasteiger partial charge in [0.2, 0.25) is 11.8 Å².